The minimum Gasteiger partial charge on any atom is -0.453 e. The number of para-hydroxylation sites is 3. The molecule has 106 valence electrons. The van der Waals surface area contributed by atoms with Gasteiger partial charge in [0.05, 0.1) is 11.4 Å². The number of hydrogen-bond acceptors (Lipinski definition) is 4. The largest absolute Gasteiger partial charge is 0.453 e. The van der Waals surface area contributed by atoms with Gasteiger partial charge < -0.3 is 15.2 Å². The highest BCUT2D eigenvalue weighted by Gasteiger charge is 2.33. The van der Waals surface area contributed by atoms with Crippen LogP contribution < -0.4 is 20.1 Å². The first-order chi connectivity index (χ1) is 10.8. The summed E-state index contributed by atoms with van der Waals surface area (Å²) in [5.41, 5.74) is 9.47. The van der Waals surface area contributed by atoms with E-state index in [0.717, 1.165) is 40.1 Å². The second kappa shape index (κ2) is 3.95. The quantitative estimate of drug-likeness (QED) is 0.409. The van der Waals surface area contributed by atoms with E-state index in [-0.39, 0.29) is 0 Å². The second-order valence-electron chi connectivity index (χ2n) is 5.34. The van der Waals surface area contributed by atoms with Crippen LogP contribution in [0.25, 0.3) is 0 Å². The highest BCUT2D eigenvalue weighted by Crippen LogP contribution is 2.59. The van der Waals surface area contributed by atoms with Crippen molar-refractivity contribution in [2.45, 2.75) is 0 Å². The zero-order valence-corrected chi connectivity index (χ0v) is 11.6. The Balaban J connectivity index is 1.86. The van der Waals surface area contributed by atoms with Gasteiger partial charge in [0.25, 0.3) is 0 Å². The van der Waals surface area contributed by atoms with Crippen LogP contribution in [0.4, 0.5) is 22.7 Å². The number of nitrogen functional groups attached to an aromatic ring is 1. The normalized spacial score (nSPS) is 13.4. The average Bonchev–Trinajstić information content (AvgIpc) is 2.54. The zero-order valence-electron chi connectivity index (χ0n) is 11.6. The number of ether oxygens (including phenoxy) is 2. The molecule has 0 bridgehead atoms. The molecule has 22 heavy (non-hydrogen) atoms. The van der Waals surface area contributed by atoms with Crippen LogP contribution >= 0.6 is 0 Å². The lowest BCUT2D eigenvalue weighted by atomic mass is 10.1. The molecule has 2 N–H and O–H groups in total. The fraction of sp³-hybridized carbons (Fsp3) is 0. The van der Waals surface area contributed by atoms with Gasteiger partial charge in [0.1, 0.15) is 5.69 Å². The molecule has 0 aliphatic carbocycles. The molecule has 0 atom stereocenters. The van der Waals surface area contributed by atoms with Crippen LogP contribution in [0.2, 0.25) is 0 Å². The molecule has 0 radical (unpaired) electrons. The van der Waals surface area contributed by atoms with E-state index in [0.29, 0.717) is 5.69 Å². The molecule has 0 unspecified atom stereocenters. The Kier molecular flexibility index (Phi) is 2.07. The van der Waals surface area contributed by atoms with Crippen molar-refractivity contribution in [3.05, 3.63) is 60.7 Å². The summed E-state index contributed by atoms with van der Waals surface area (Å²) in [6, 6.07) is 19.5. The van der Waals surface area contributed by atoms with E-state index in [4.69, 9.17) is 15.2 Å². The molecule has 2 aliphatic heterocycles. The van der Waals surface area contributed by atoms with E-state index < -0.39 is 0 Å². The predicted molar refractivity (Wildman–Crippen MR) is 85.7 cm³/mol. The fourth-order valence-electron chi connectivity index (χ4n) is 3.02. The molecule has 2 heterocycles. The van der Waals surface area contributed by atoms with Gasteiger partial charge in [0.15, 0.2) is 23.0 Å². The minimum atomic E-state index is 0.680. The Morgan fingerprint density at radius 2 is 1.36 bits per heavy atom. The van der Waals surface area contributed by atoms with Crippen molar-refractivity contribution in [2.75, 3.05) is 10.6 Å². The molecular weight excluding hydrogens is 276 g/mol. The Morgan fingerprint density at radius 3 is 2.23 bits per heavy atom. The highest BCUT2D eigenvalue weighted by molar-refractivity contribution is 5.93. The summed E-state index contributed by atoms with van der Waals surface area (Å²) in [6.07, 6.45) is 0. The van der Waals surface area contributed by atoms with Gasteiger partial charge in [-0.2, -0.15) is 0 Å². The topological polar surface area (TPSA) is 47.7 Å². The lowest BCUT2D eigenvalue weighted by Crippen LogP contribution is -2.20. The van der Waals surface area contributed by atoms with Crippen LogP contribution in [0, 0.1) is 0 Å². The van der Waals surface area contributed by atoms with Crippen LogP contribution in [0.3, 0.4) is 0 Å². The van der Waals surface area contributed by atoms with Crippen LogP contribution in [0.5, 0.6) is 23.0 Å². The van der Waals surface area contributed by atoms with E-state index in [2.05, 4.69) is 4.90 Å². The molecule has 0 saturated carbocycles. The number of fused-ring (bicyclic) bond motifs is 4. The Morgan fingerprint density at radius 1 is 0.682 bits per heavy atom. The number of rotatable bonds is 0. The first-order valence-corrected chi connectivity index (χ1v) is 7.09. The predicted octanol–water partition coefficient (Wildman–Crippen LogP) is 4.95. The smallest absolute Gasteiger partial charge is 0.155 e. The zero-order chi connectivity index (χ0) is 14.7. The summed E-state index contributed by atoms with van der Waals surface area (Å²) in [6.45, 7) is 0. The maximum Gasteiger partial charge on any atom is 0.155 e. The maximum atomic E-state index is 6.02. The van der Waals surface area contributed by atoms with E-state index in [1.54, 1.807) is 0 Å². The van der Waals surface area contributed by atoms with Crippen molar-refractivity contribution in [1.29, 1.82) is 0 Å². The third kappa shape index (κ3) is 1.41. The fourth-order valence-corrected chi connectivity index (χ4v) is 3.02. The summed E-state index contributed by atoms with van der Waals surface area (Å²) < 4.78 is 12.0. The summed E-state index contributed by atoms with van der Waals surface area (Å²) >= 11 is 0. The van der Waals surface area contributed by atoms with Crippen molar-refractivity contribution in [1.82, 2.24) is 0 Å². The molecule has 0 aromatic heterocycles. The van der Waals surface area contributed by atoms with Crippen LogP contribution in [0.1, 0.15) is 0 Å². The van der Waals surface area contributed by atoms with Crippen LogP contribution in [-0.4, -0.2) is 0 Å². The lowest BCUT2D eigenvalue weighted by Gasteiger charge is -2.37. The summed E-state index contributed by atoms with van der Waals surface area (Å²) in [5, 5.41) is 0. The first kappa shape index (κ1) is 11.5. The van der Waals surface area contributed by atoms with E-state index in [9.17, 15) is 0 Å². The van der Waals surface area contributed by atoms with Crippen LogP contribution in [-0.2, 0) is 0 Å². The molecular formula is C18H12N2O2. The van der Waals surface area contributed by atoms with E-state index in [1.807, 2.05) is 60.7 Å². The van der Waals surface area contributed by atoms with E-state index >= 15 is 0 Å². The molecule has 0 fully saturated rings. The average molecular weight is 288 g/mol. The van der Waals surface area contributed by atoms with Gasteiger partial charge >= 0.3 is 0 Å². The SMILES string of the molecule is Nc1ccc2c(c1)Oc1cccc3c1N2c1ccccc1O3. The lowest BCUT2D eigenvalue weighted by molar-refractivity contribution is 0.446. The highest BCUT2D eigenvalue weighted by atomic mass is 16.5. The third-order valence-corrected chi connectivity index (χ3v) is 3.96. The molecule has 3 aromatic rings. The van der Waals surface area contributed by atoms with Gasteiger partial charge in [0, 0.05) is 11.8 Å². The summed E-state index contributed by atoms with van der Waals surface area (Å²) in [4.78, 5) is 2.17. The minimum absolute atomic E-state index is 0.680. The molecule has 2 aliphatic rings. The monoisotopic (exact) mass is 288 g/mol. The van der Waals surface area contributed by atoms with Crippen molar-refractivity contribution < 1.29 is 9.47 Å². The number of nitrogens with two attached hydrogens (primary N) is 1. The van der Waals surface area contributed by atoms with Crippen molar-refractivity contribution >= 4 is 22.7 Å². The van der Waals surface area contributed by atoms with Gasteiger partial charge in [0.2, 0.25) is 0 Å². The Hall–Kier alpha value is -3.14. The molecule has 3 aromatic carbocycles. The summed E-state index contributed by atoms with van der Waals surface area (Å²) in [5.74, 6) is 3.14. The third-order valence-electron chi connectivity index (χ3n) is 3.96. The molecule has 4 nitrogen and oxygen atoms in total. The maximum absolute atomic E-state index is 6.02. The van der Waals surface area contributed by atoms with Crippen molar-refractivity contribution in [3.8, 4) is 23.0 Å². The van der Waals surface area contributed by atoms with Gasteiger partial charge in [-0.3, -0.25) is 4.90 Å². The molecule has 0 amide bonds. The molecule has 5 rings (SSSR count). The number of benzene rings is 3. The second-order valence-corrected chi connectivity index (χ2v) is 5.34. The Bertz CT molecular complexity index is 921. The number of hydrogen-bond donors (Lipinski definition) is 1. The van der Waals surface area contributed by atoms with E-state index in [1.165, 1.54) is 0 Å². The standard InChI is InChI=1S/C18H12N2O2/c19-11-8-9-13-17(10-11)22-16-7-3-6-15-18(16)20(13)12-4-1-2-5-14(12)21-15/h1-10H,19H2. The van der Waals surface area contributed by atoms with Crippen LogP contribution in [0.15, 0.2) is 60.7 Å². The van der Waals surface area contributed by atoms with Crippen molar-refractivity contribution in [3.63, 3.8) is 0 Å². The molecule has 0 saturated heterocycles. The molecule has 4 heteroatoms. The van der Waals surface area contributed by atoms with Gasteiger partial charge in [-0.25, -0.2) is 0 Å². The first-order valence-electron chi connectivity index (χ1n) is 7.09. The summed E-state index contributed by atoms with van der Waals surface area (Å²) in [7, 11) is 0. The van der Waals surface area contributed by atoms with Gasteiger partial charge in [-0.05, 0) is 36.4 Å². The number of nitrogens with zero attached hydrogens (tertiary/aromatic N) is 1. The molecule has 0 spiro atoms. The van der Waals surface area contributed by atoms with Crippen molar-refractivity contribution in [2.24, 2.45) is 0 Å². The van der Waals surface area contributed by atoms with Gasteiger partial charge in [-0.15, -0.1) is 0 Å². The number of anilines is 4. The van der Waals surface area contributed by atoms with Gasteiger partial charge in [-0.1, -0.05) is 18.2 Å². The Labute approximate surface area is 127 Å².